The number of carbonyl (C=O) groups is 1. The number of hydrogen-bond acceptors (Lipinski definition) is 6. The van der Waals surface area contributed by atoms with Crippen LogP contribution in [-0.4, -0.2) is 49.0 Å². The van der Waals surface area contributed by atoms with Crippen LogP contribution in [0, 0.1) is 6.92 Å². The molecule has 0 spiro atoms. The number of rotatable bonds is 6. The molecule has 1 fully saturated rings. The van der Waals surface area contributed by atoms with Gasteiger partial charge in [-0.05, 0) is 67.3 Å². The van der Waals surface area contributed by atoms with Gasteiger partial charge in [0, 0.05) is 42.4 Å². The van der Waals surface area contributed by atoms with Gasteiger partial charge in [0.1, 0.15) is 11.9 Å². The molecule has 0 saturated carbocycles. The Kier molecular flexibility index (Phi) is 5.86. The van der Waals surface area contributed by atoms with Crippen LogP contribution in [0.25, 0.3) is 11.3 Å². The minimum Gasteiger partial charge on any atom is -0.487 e. The number of anilines is 1. The second-order valence-electron chi connectivity index (χ2n) is 8.66. The number of aromatic nitrogens is 2. The van der Waals surface area contributed by atoms with E-state index in [9.17, 15) is 4.79 Å². The van der Waals surface area contributed by atoms with E-state index in [2.05, 4.69) is 39.5 Å². The van der Waals surface area contributed by atoms with Crippen LogP contribution in [0.5, 0.6) is 11.6 Å². The van der Waals surface area contributed by atoms with Crippen LogP contribution in [0.3, 0.4) is 0 Å². The number of methoxy groups -OCH3 is 1. The zero-order chi connectivity index (χ0) is 22.8. The molecule has 5 rings (SSSR count). The zero-order valence-corrected chi connectivity index (χ0v) is 19.0. The molecule has 7 heteroatoms. The minimum atomic E-state index is -0.125. The average Bonchev–Trinajstić information content (AvgIpc) is 3.52. The lowest BCUT2D eigenvalue weighted by atomic mass is 10.0. The van der Waals surface area contributed by atoms with E-state index in [-0.39, 0.29) is 12.0 Å². The molecule has 2 aliphatic heterocycles. The van der Waals surface area contributed by atoms with E-state index in [1.165, 1.54) is 18.5 Å². The van der Waals surface area contributed by atoms with Crippen molar-refractivity contribution >= 4 is 11.6 Å². The number of aryl methyl sites for hydroxylation is 1. The van der Waals surface area contributed by atoms with Gasteiger partial charge in [-0.15, -0.1) is 10.2 Å². The van der Waals surface area contributed by atoms with Crippen molar-refractivity contribution in [3.05, 3.63) is 65.2 Å². The summed E-state index contributed by atoms with van der Waals surface area (Å²) in [7, 11) is 1.57. The summed E-state index contributed by atoms with van der Waals surface area (Å²) in [5.74, 6) is 1.20. The standard InChI is InChI=1S/C26H28N4O3/c1-17-13-19-15-21(33-25(19)22(14-17)23-9-10-24(32-2)29-28-23)16-27-26(31)18-5-7-20(8-6-18)30-11-3-4-12-30/h5-10,13-14,21H,3-4,11-12,15-16H2,1-2H3,(H,27,31)/t21-/m0/s1. The fourth-order valence-corrected chi connectivity index (χ4v) is 4.58. The Morgan fingerprint density at radius 2 is 1.91 bits per heavy atom. The number of nitrogens with one attached hydrogen (secondary N) is 1. The van der Waals surface area contributed by atoms with Gasteiger partial charge in [-0.25, -0.2) is 0 Å². The maximum absolute atomic E-state index is 12.7. The lowest BCUT2D eigenvalue weighted by Gasteiger charge is -2.18. The molecular weight excluding hydrogens is 416 g/mol. The normalized spacial score (nSPS) is 16.9. The number of fused-ring (bicyclic) bond motifs is 1. The van der Waals surface area contributed by atoms with Gasteiger partial charge in [-0.3, -0.25) is 4.79 Å². The predicted molar refractivity (Wildman–Crippen MR) is 127 cm³/mol. The number of amides is 1. The van der Waals surface area contributed by atoms with E-state index >= 15 is 0 Å². The monoisotopic (exact) mass is 444 g/mol. The van der Waals surface area contributed by atoms with Crippen LogP contribution >= 0.6 is 0 Å². The summed E-state index contributed by atoms with van der Waals surface area (Å²) in [4.78, 5) is 15.1. The maximum Gasteiger partial charge on any atom is 0.251 e. The average molecular weight is 445 g/mol. The Morgan fingerprint density at radius 1 is 1.12 bits per heavy atom. The van der Waals surface area contributed by atoms with Crippen molar-refractivity contribution in [3.8, 4) is 22.9 Å². The molecule has 0 unspecified atom stereocenters. The molecule has 2 aliphatic rings. The summed E-state index contributed by atoms with van der Waals surface area (Å²) in [6.45, 7) is 4.68. The van der Waals surface area contributed by atoms with E-state index in [4.69, 9.17) is 9.47 Å². The van der Waals surface area contributed by atoms with Gasteiger partial charge in [-0.1, -0.05) is 6.07 Å². The number of nitrogens with zero attached hydrogens (tertiary/aromatic N) is 3. The first-order valence-corrected chi connectivity index (χ1v) is 11.4. The number of carbonyl (C=O) groups excluding carboxylic acids is 1. The largest absolute Gasteiger partial charge is 0.487 e. The van der Waals surface area contributed by atoms with E-state index in [0.29, 0.717) is 18.0 Å². The molecule has 1 atom stereocenters. The third-order valence-electron chi connectivity index (χ3n) is 6.26. The Balaban J connectivity index is 1.24. The number of ether oxygens (including phenoxy) is 2. The summed E-state index contributed by atoms with van der Waals surface area (Å²) in [6, 6.07) is 15.7. The third kappa shape index (κ3) is 4.49. The lowest BCUT2D eigenvalue weighted by molar-refractivity contribution is 0.0933. The van der Waals surface area contributed by atoms with E-state index < -0.39 is 0 Å². The van der Waals surface area contributed by atoms with E-state index in [0.717, 1.165) is 47.6 Å². The van der Waals surface area contributed by atoms with Crippen molar-refractivity contribution in [1.29, 1.82) is 0 Å². The van der Waals surface area contributed by atoms with Crippen molar-refractivity contribution in [2.45, 2.75) is 32.3 Å². The highest BCUT2D eigenvalue weighted by atomic mass is 16.5. The second kappa shape index (κ2) is 9.10. The molecule has 7 nitrogen and oxygen atoms in total. The predicted octanol–water partition coefficient (Wildman–Crippen LogP) is 3.79. The highest BCUT2D eigenvalue weighted by molar-refractivity contribution is 5.94. The summed E-state index contributed by atoms with van der Waals surface area (Å²) in [5.41, 5.74) is 5.75. The first-order valence-electron chi connectivity index (χ1n) is 11.4. The molecule has 1 amide bonds. The van der Waals surface area contributed by atoms with Crippen LogP contribution in [-0.2, 0) is 6.42 Å². The van der Waals surface area contributed by atoms with Gasteiger partial charge in [0.2, 0.25) is 5.88 Å². The quantitative estimate of drug-likeness (QED) is 0.623. The molecule has 2 aromatic carbocycles. The molecule has 0 radical (unpaired) electrons. The molecule has 1 N–H and O–H groups in total. The first kappa shape index (κ1) is 21.2. The summed E-state index contributed by atoms with van der Waals surface area (Å²) in [5, 5.41) is 11.4. The molecule has 0 bridgehead atoms. The van der Waals surface area contributed by atoms with Crippen LogP contribution in [0.2, 0.25) is 0 Å². The van der Waals surface area contributed by atoms with Crippen LogP contribution in [0.1, 0.15) is 34.3 Å². The lowest BCUT2D eigenvalue weighted by Crippen LogP contribution is -2.34. The fraction of sp³-hybridized carbons (Fsp3) is 0.346. The number of benzene rings is 2. The molecule has 1 aromatic heterocycles. The SMILES string of the molecule is COc1ccc(-c2cc(C)cc3c2O[C@H](CNC(=O)c2ccc(N4CCCC4)cc2)C3)nn1. The molecule has 33 heavy (non-hydrogen) atoms. The van der Waals surface area contributed by atoms with Crippen molar-refractivity contribution < 1.29 is 14.3 Å². The Bertz CT molecular complexity index is 1140. The van der Waals surface area contributed by atoms with Gasteiger partial charge in [0.15, 0.2) is 0 Å². The van der Waals surface area contributed by atoms with Gasteiger partial charge in [0.25, 0.3) is 5.91 Å². The van der Waals surface area contributed by atoms with Gasteiger partial charge in [-0.2, -0.15) is 0 Å². The summed E-state index contributed by atoms with van der Waals surface area (Å²) in [6.07, 6.45) is 3.08. The summed E-state index contributed by atoms with van der Waals surface area (Å²) < 4.78 is 11.4. The fourth-order valence-electron chi connectivity index (χ4n) is 4.58. The summed E-state index contributed by atoms with van der Waals surface area (Å²) >= 11 is 0. The number of hydrogen-bond donors (Lipinski definition) is 1. The van der Waals surface area contributed by atoms with Crippen molar-refractivity contribution in [3.63, 3.8) is 0 Å². The zero-order valence-electron chi connectivity index (χ0n) is 19.0. The molecule has 170 valence electrons. The van der Waals surface area contributed by atoms with Crippen molar-refractivity contribution in [2.24, 2.45) is 0 Å². The molecule has 3 aromatic rings. The highest BCUT2D eigenvalue weighted by Crippen LogP contribution is 2.39. The molecule has 0 aliphatic carbocycles. The van der Waals surface area contributed by atoms with Gasteiger partial charge < -0.3 is 19.7 Å². The van der Waals surface area contributed by atoms with Crippen molar-refractivity contribution in [2.75, 3.05) is 31.6 Å². The topological polar surface area (TPSA) is 76.6 Å². The smallest absolute Gasteiger partial charge is 0.251 e. The first-order chi connectivity index (χ1) is 16.1. The van der Waals surface area contributed by atoms with Gasteiger partial charge >= 0.3 is 0 Å². The van der Waals surface area contributed by atoms with E-state index in [1.807, 2.05) is 30.3 Å². The Labute approximate surface area is 193 Å². The molecule has 3 heterocycles. The van der Waals surface area contributed by atoms with Crippen LogP contribution in [0.15, 0.2) is 48.5 Å². The van der Waals surface area contributed by atoms with Gasteiger partial charge in [0.05, 0.1) is 19.3 Å². The van der Waals surface area contributed by atoms with Crippen LogP contribution in [0.4, 0.5) is 5.69 Å². The maximum atomic E-state index is 12.7. The molecular formula is C26H28N4O3. The third-order valence-corrected chi connectivity index (χ3v) is 6.26. The Hall–Kier alpha value is -3.61. The molecule has 1 saturated heterocycles. The van der Waals surface area contributed by atoms with E-state index in [1.54, 1.807) is 13.2 Å². The van der Waals surface area contributed by atoms with Crippen molar-refractivity contribution in [1.82, 2.24) is 15.5 Å². The Morgan fingerprint density at radius 3 is 2.61 bits per heavy atom. The second-order valence-corrected chi connectivity index (χ2v) is 8.66. The minimum absolute atomic E-state index is 0.0834. The van der Waals surface area contributed by atoms with Crippen LogP contribution < -0.4 is 19.7 Å². The highest BCUT2D eigenvalue weighted by Gasteiger charge is 2.27.